The predicted octanol–water partition coefficient (Wildman–Crippen LogP) is 4.02. The van der Waals surface area contributed by atoms with Crippen LogP contribution in [-0.4, -0.2) is 53.7 Å². The Balaban J connectivity index is 1.73. The van der Waals surface area contributed by atoms with Crippen LogP contribution < -0.4 is 14.8 Å². The predicted molar refractivity (Wildman–Crippen MR) is 124 cm³/mol. The minimum absolute atomic E-state index is 0.130. The fourth-order valence-corrected chi connectivity index (χ4v) is 3.82. The number of nitrogens with zero attached hydrogens (tertiary/aromatic N) is 3. The van der Waals surface area contributed by atoms with Crippen LogP contribution in [0, 0.1) is 6.92 Å². The Bertz CT molecular complexity index is 1090. The van der Waals surface area contributed by atoms with E-state index < -0.39 is 0 Å². The highest BCUT2D eigenvalue weighted by Gasteiger charge is 2.23. The first-order valence-electron chi connectivity index (χ1n) is 10.0. The van der Waals surface area contributed by atoms with E-state index in [2.05, 4.69) is 15.5 Å². The molecule has 0 saturated carbocycles. The highest BCUT2D eigenvalue weighted by molar-refractivity contribution is 7.18. The van der Waals surface area contributed by atoms with Gasteiger partial charge in [0.2, 0.25) is 11.0 Å². The molecule has 0 aliphatic carbocycles. The van der Waals surface area contributed by atoms with Gasteiger partial charge in [0.05, 0.1) is 14.2 Å². The second kappa shape index (κ2) is 10.2. The molecule has 3 aromatic rings. The Kier molecular flexibility index (Phi) is 7.42. The van der Waals surface area contributed by atoms with Gasteiger partial charge in [-0.15, -0.1) is 10.2 Å². The summed E-state index contributed by atoms with van der Waals surface area (Å²) >= 11 is 1.28. The van der Waals surface area contributed by atoms with Crippen molar-refractivity contribution < 1.29 is 19.1 Å². The van der Waals surface area contributed by atoms with E-state index >= 15 is 0 Å². The lowest BCUT2D eigenvalue weighted by Crippen LogP contribution is -2.42. The number of hydrogen-bond donors (Lipinski definition) is 1. The highest BCUT2D eigenvalue weighted by atomic mass is 32.1. The standard InChI is InChI=1S/C23H26N4O4S/c1-14(2)27(22(29)17-10-18(30-4)12-19(11-17)31-5)13-20(28)24-23-26-25-21(32-23)16-8-6-7-15(3)9-16/h6-12,14H,13H2,1-5H3,(H,24,26,28). The number of methoxy groups -OCH3 is 2. The van der Waals surface area contributed by atoms with E-state index in [0.29, 0.717) is 27.2 Å². The zero-order valence-electron chi connectivity index (χ0n) is 18.7. The molecule has 168 valence electrons. The molecule has 3 rings (SSSR count). The Morgan fingerprint density at radius 3 is 2.34 bits per heavy atom. The van der Waals surface area contributed by atoms with Crippen molar-refractivity contribution in [1.29, 1.82) is 0 Å². The van der Waals surface area contributed by atoms with Crippen molar-refractivity contribution in [3.05, 3.63) is 53.6 Å². The van der Waals surface area contributed by atoms with Gasteiger partial charge >= 0.3 is 0 Å². The van der Waals surface area contributed by atoms with Crippen molar-refractivity contribution in [2.24, 2.45) is 0 Å². The van der Waals surface area contributed by atoms with Crippen molar-refractivity contribution in [1.82, 2.24) is 15.1 Å². The van der Waals surface area contributed by atoms with Gasteiger partial charge in [0.15, 0.2) is 0 Å². The monoisotopic (exact) mass is 454 g/mol. The summed E-state index contributed by atoms with van der Waals surface area (Å²) in [6.07, 6.45) is 0. The van der Waals surface area contributed by atoms with Crippen LogP contribution >= 0.6 is 11.3 Å². The maximum absolute atomic E-state index is 13.1. The Labute approximate surface area is 191 Å². The van der Waals surface area contributed by atoms with E-state index in [1.165, 1.54) is 30.5 Å². The van der Waals surface area contributed by atoms with E-state index in [1.54, 1.807) is 18.2 Å². The molecule has 0 spiro atoms. The molecule has 0 aliphatic heterocycles. The number of carbonyl (C=O) groups excluding carboxylic acids is 2. The smallest absolute Gasteiger partial charge is 0.254 e. The average Bonchev–Trinajstić information content (AvgIpc) is 3.24. The van der Waals surface area contributed by atoms with Gasteiger partial charge in [-0.25, -0.2) is 0 Å². The Morgan fingerprint density at radius 1 is 1.06 bits per heavy atom. The SMILES string of the molecule is COc1cc(OC)cc(C(=O)N(CC(=O)Nc2nnc(-c3cccc(C)c3)s2)C(C)C)c1. The van der Waals surface area contributed by atoms with Crippen molar-refractivity contribution in [3.63, 3.8) is 0 Å². The maximum atomic E-state index is 13.1. The van der Waals surface area contributed by atoms with Crippen LogP contribution in [0.4, 0.5) is 5.13 Å². The quantitative estimate of drug-likeness (QED) is 0.553. The zero-order valence-corrected chi connectivity index (χ0v) is 19.5. The van der Waals surface area contributed by atoms with E-state index in [4.69, 9.17) is 9.47 Å². The summed E-state index contributed by atoms with van der Waals surface area (Å²) in [5.74, 6) is 0.343. The summed E-state index contributed by atoms with van der Waals surface area (Å²) in [6.45, 7) is 5.57. The van der Waals surface area contributed by atoms with Gasteiger partial charge in [-0.2, -0.15) is 0 Å². The Hall–Kier alpha value is -3.46. The molecule has 9 heteroatoms. The summed E-state index contributed by atoms with van der Waals surface area (Å²) in [6, 6.07) is 12.6. The lowest BCUT2D eigenvalue weighted by Gasteiger charge is -2.26. The van der Waals surface area contributed by atoms with Gasteiger partial charge in [-0.1, -0.05) is 35.1 Å². The molecule has 1 N–H and O–H groups in total. The van der Waals surface area contributed by atoms with Gasteiger partial charge in [0.25, 0.3) is 5.91 Å². The van der Waals surface area contributed by atoms with Crippen LogP contribution in [-0.2, 0) is 4.79 Å². The molecule has 0 fully saturated rings. The van der Waals surface area contributed by atoms with E-state index in [-0.39, 0.29) is 24.4 Å². The maximum Gasteiger partial charge on any atom is 0.254 e. The van der Waals surface area contributed by atoms with Gasteiger partial charge in [-0.05, 0) is 39.0 Å². The first-order chi connectivity index (χ1) is 15.3. The van der Waals surface area contributed by atoms with Crippen LogP contribution in [0.1, 0.15) is 29.8 Å². The minimum Gasteiger partial charge on any atom is -0.497 e. The lowest BCUT2D eigenvalue weighted by atomic mass is 10.1. The first kappa shape index (κ1) is 23.2. The molecule has 0 aliphatic rings. The van der Waals surface area contributed by atoms with E-state index in [9.17, 15) is 9.59 Å². The number of amides is 2. The van der Waals surface area contributed by atoms with Crippen molar-refractivity contribution in [2.45, 2.75) is 26.8 Å². The number of hydrogen-bond acceptors (Lipinski definition) is 7. The third kappa shape index (κ3) is 5.61. The van der Waals surface area contributed by atoms with E-state index in [1.807, 2.05) is 45.0 Å². The molecular weight excluding hydrogens is 428 g/mol. The van der Waals surface area contributed by atoms with Crippen molar-refractivity contribution >= 4 is 28.3 Å². The van der Waals surface area contributed by atoms with Gasteiger partial charge in [-0.3, -0.25) is 14.9 Å². The molecule has 0 radical (unpaired) electrons. The average molecular weight is 455 g/mol. The molecule has 2 amide bonds. The topological polar surface area (TPSA) is 93.7 Å². The molecule has 0 unspecified atom stereocenters. The summed E-state index contributed by atoms with van der Waals surface area (Å²) in [5.41, 5.74) is 2.43. The van der Waals surface area contributed by atoms with Crippen LogP contribution in [0.15, 0.2) is 42.5 Å². The van der Waals surface area contributed by atoms with Crippen LogP contribution in [0.2, 0.25) is 0 Å². The molecule has 1 heterocycles. The molecular formula is C23H26N4O4S. The fraction of sp³-hybridized carbons (Fsp3) is 0.304. The zero-order chi connectivity index (χ0) is 23.3. The second-order valence-electron chi connectivity index (χ2n) is 7.46. The van der Waals surface area contributed by atoms with Crippen molar-refractivity contribution in [3.8, 4) is 22.1 Å². The van der Waals surface area contributed by atoms with Crippen LogP contribution in [0.5, 0.6) is 11.5 Å². The summed E-state index contributed by atoms with van der Waals surface area (Å²) in [4.78, 5) is 27.3. The van der Waals surface area contributed by atoms with Crippen molar-refractivity contribution in [2.75, 3.05) is 26.1 Å². The normalized spacial score (nSPS) is 10.7. The number of nitrogens with one attached hydrogen (secondary N) is 1. The van der Waals surface area contributed by atoms with Gasteiger partial charge in [0, 0.05) is 23.2 Å². The Morgan fingerprint density at radius 2 is 1.75 bits per heavy atom. The minimum atomic E-state index is -0.353. The molecule has 2 aromatic carbocycles. The number of ether oxygens (including phenoxy) is 2. The molecule has 32 heavy (non-hydrogen) atoms. The largest absolute Gasteiger partial charge is 0.497 e. The number of benzene rings is 2. The molecule has 0 atom stereocenters. The number of carbonyl (C=O) groups is 2. The number of anilines is 1. The number of aromatic nitrogens is 2. The third-order valence-corrected chi connectivity index (χ3v) is 5.62. The van der Waals surface area contributed by atoms with Gasteiger partial charge in [0.1, 0.15) is 23.1 Å². The number of aryl methyl sites for hydroxylation is 1. The molecule has 1 aromatic heterocycles. The lowest BCUT2D eigenvalue weighted by molar-refractivity contribution is -0.117. The summed E-state index contributed by atoms with van der Waals surface area (Å²) < 4.78 is 10.5. The molecule has 0 bridgehead atoms. The van der Waals surface area contributed by atoms with Crippen LogP contribution in [0.25, 0.3) is 10.6 Å². The molecule has 8 nitrogen and oxygen atoms in total. The highest BCUT2D eigenvalue weighted by Crippen LogP contribution is 2.27. The fourth-order valence-electron chi connectivity index (χ4n) is 3.07. The second-order valence-corrected chi connectivity index (χ2v) is 8.44. The third-order valence-electron chi connectivity index (χ3n) is 4.73. The summed E-state index contributed by atoms with van der Waals surface area (Å²) in [7, 11) is 3.04. The van der Waals surface area contributed by atoms with Crippen LogP contribution in [0.3, 0.4) is 0 Å². The summed E-state index contributed by atoms with van der Waals surface area (Å²) in [5, 5.41) is 12.1. The first-order valence-corrected chi connectivity index (χ1v) is 10.9. The molecule has 0 saturated heterocycles. The van der Waals surface area contributed by atoms with Gasteiger partial charge < -0.3 is 14.4 Å². The van der Waals surface area contributed by atoms with E-state index in [0.717, 1.165) is 11.1 Å². The number of rotatable bonds is 8.